The van der Waals surface area contributed by atoms with Gasteiger partial charge in [0.15, 0.2) is 11.5 Å². The van der Waals surface area contributed by atoms with Gasteiger partial charge >= 0.3 is 0 Å². The molecule has 24 heavy (non-hydrogen) atoms. The van der Waals surface area contributed by atoms with E-state index in [1.807, 2.05) is 0 Å². The van der Waals surface area contributed by atoms with E-state index in [4.69, 9.17) is 0 Å². The molecular formula is C16H24N3O4S+. The molecule has 0 spiro atoms. The Labute approximate surface area is 142 Å². The van der Waals surface area contributed by atoms with E-state index in [0.29, 0.717) is 6.54 Å². The lowest BCUT2D eigenvalue weighted by molar-refractivity contribution is -0.870. The van der Waals surface area contributed by atoms with Gasteiger partial charge < -0.3 is 14.9 Å². The summed E-state index contributed by atoms with van der Waals surface area (Å²) < 4.78 is 26.7. The number of carbonyl (C=O) groups excluding carboxylic acids is 1. The Kier molecular flexibility index (Phi) is 4.91. The summed E-state index contributed by atoms with van der Waals surface area (Å²) in [6.45, 7) is 1.27. The van der Waals surface area contributed by atoms with Gasteiger partial charge in [0.1, 0.15) is 0 Å². The van der Waals surface area contributed by atoms with Crippen molar-refractivity contribution in [2.24, 2.45) is 0 Å². The van der Waals surface area contributed by atoms with Crippen molar-refractivity contribution in [1.29, 1.82) is 0 Å². The van der Waals surface area contributed by atoms with Crippen LogP contribution in [0, 0.1) is 0 Å². The van der Waals surface area contributed by atoms with Crippen LogP contribution in [0.5, 0.6) is 0 Å². The van der Waals surface area contributed by atoms with Gasteiger partial charge in [-0.25, -0.2) is 8.42 Å². The average molecular weight is 354 g/mol. The smallest absolute Gasteiger partial charge is 0.272 e. The Balaban J connectivity index is 2.24. The third-order valence-corrected chi connectivity index (χ3v) is 5.64. The number of benzene rings is 1. The quantitative estimate of drug-likeness (QED) is 0.604. The predicted molar refractivity (Wildman–Crippen MR) is 91.5 cm³/mol. The zero-order valence-electron chi connectivity index (χ0n) is 14.4. The molecule has 0 radical (unpaired) electrons. The van der Waals surface area contributed by atoms with Crippen LogP contribution in [0.4, 0.5) is 0 Å². The summed E-state index contributed by atoms with van der Waals surface area (Å²) in [7, 11) is 3.57. The highest BCUT2D eigenvalue weighted by Gasteiger charge is 2.37. The van der Waals surface area contributed by atoms with E-state index >= 15 is 0 Å². The standard InChI is InChI=1S/C16H23N3O4S/c1-18-14(16(21)17-10-7-11-19(2,3)4)15(20)12-8-5-6-9-13(12)24(18,22)23/h5-6,8-9H,7,10-11H2,1-4H3,(H-,17,20,21)/p+1. The van der Waals surface area contributed by atoms with Crippen LogP contribution in [-0.4, -0.2) is 69.5 Å². The van der Waals surface area contributed by atoms with Crippen molar-refractivity contribution < 1.29 is 22.8 Å². The summed E-state index contributed by atoms with van der Waals surface area (Å²) in [5.41, 5.74) is -0.106. The second-order valence-electron chi connectivity index (χ2n) is 6.79. The second kappa shape index (κ2) is 6.45. The summed E-state index contributed by atoms with van der Waals surface area (Å²) in [5.74, 6) is -0.929. The minimum atomic E-state index is -3.85. The fourth-order valence-electron chi connectivity index (χ4n) is 2.52. The molecule has 0 fully saturated rings. The van der Waals surface area contributed by atoms with Crippen LogP contribution in [0.2, 0.25) is 0 Å². The molecule has 0 aliphatic carbocycles. The van der Waals surface area contributed by atoms with Crippen molar-refractivity contribution >= 4 is 21.7 Å². The van der Waals surface area contributed by atoms with Gasteiger partial charge in [-0.3, -0.25) is 9.10 Å². The molecule has 0 saturated heterocycles. The summed E-state index contributed by atoms with van der Waals surface area (Å²) >= 11 is 0. The van der Waals surface area contributed by atoms with Gasteiger partial charge in [-0.15, -0.1) is 0 Å². The van der Waals surface area contributed by atoms with Crippen molar-refractivity contribution in [3.8, 4) is 0 Å². The van der Waals surface area contributed by atoms with Crippen LogP contribution in [0.3, 0.4) is 0 Å². The number of nitrogens with one attached hydrogen (secondary N) is 1. The van der Waals surface area contributed by atoms with E-state index in [0.717, 1.165) is 21.8 Å². The maximum Gasteiger partial charge on any atom is 0.272 e. The number of rotatable bonds is 5. The van der Waals surface area contributed by atoms with Crippen molar-refractivity contribution in [1.82, 2.24) is 9.62 Å². The van der Waals surface area contributed by atoms with Gasteiger partial charge in [0.25, 0.3) is 15.9 Å². The highest BCUT2D eigenvalue weighted by molar-refractivity contribution is 7.89. The molecule has 1 aromatic carbocycles. The van der Waals surface area contributed by atoms with E-state index in [-0.39, 0.29) is 21.9 Å². The molecule has 0 unspecified atom stereocenters. The third kappa shape index (κ3) is 3.54. The van der Waals surface area contributed by atoms with Crippen LogP contribution in [-0.2, 0) is 14.8 Å². The normalized spacial score (nSPS) is 16.8. The summed E-state index contributed by atoms with van der Waals surface area (Å²) in [6.07, 6.45) is 0.746. The monoisotopic (exact) mass is 354 g/mol. The zero-order valence-corrected chi connectivity index (χ0v) is 15.2. The molecule has 0 bridgehead atoms. The molecule has 132 valence electrons. The van der Waals surface area contributed by atoms with Gasteiger partial charge in [-0.2, -0.15) is 0 Å². The Morgan fingerprint density at radius 3 is 2.50 bits per heavy atom. The lowest BCUT2D eigenvalue weighted by Crippen LogP contribution is -2.41. The number of quaternary nitrogens is 1. The maximum atomic E-state index is 12.5. The van der Waals surface area contributed by atoms with Crippen LogP contribution in [0.25, 0.3) is 5.76 Å². The van der Waals surface area contributed by atoms with E-state index in [1.165, 1.54) is 19.2 Å². The van der Waals surface area contributed by atoms with Gasteiger partial charge in [0.2, 0.25) is 0 Å². The molecule has 1 amide bonds. The Bertz CT molecular complexity index is 779. The number of hydrogen-bond donors (Lipinski definition) is 2. The molecule has 0 aromatic heterocycles. The molecule has 2 rings (SSSR count). The molecule has 7 nitrogen and oxygen atoms in total. The Hall–Kier alpha value is -2.06. The molecule has 8 heteroatoms. The SMILES string of the molecule is CN1C(C(=O)NCCC[N+](C)(C)C)=C(O)c2ccccc2S1(=O)=O. The molecule has 1 aromatic rings. The highest BCUT2D eigenvalue weighted by atomic mass is 32.2. The second-order valence-corrected chi connectivity index (χ2v) is 8.73. The molecule has 1 aliphatic rings. The summed E-state index contributed by atoms with van der Waals surface area (Å²) in [4.78, 5) is 12.4. The Morgan fingerprint density at radius 2 is 1.88 bits per heavy atom. The predicted octanol–water partition coefficient (Wildman–Crippen LogP) is 0.760. The largest absolute Gasteiger partial charge is 0.505 e. The summed E-state index contributed by atoms with van der Waals surface area (Å²) in [5, 5.41) is 13.1. The molecule has 2 N–H and O–H groups in total. The number of nitrogens with zero attached hydrogens (tertiary/aromatic N) is 2. The highest BCUT2D eigenvalue weighted by Crippen LogP contribution is 2.34. The van der Waals surface area contributed by atoms with Crippen LogP contribution in [0.15, 0.2) is 34.9 Å². The van der Waals surface area contributed by atoms with Gasteiger partial charge in [0, 0.05) is 25.6 Å². The molecule has 0 atom stereocenters. The first kappa shape index (κ1) is 18.3. The van der Waals surface area contributed by atoms with E-state index < -0.39 is 15.9 Å². The van der Waals surface area contributed by atoms with E-state index in [1.54, 1.807) is 12.1 Å². The molecular weight excluding hydrogens is 330 g/mol. The minimum Gasteiger partial charge on any atom is -0.505 e. The zero-order chi connectivity index (χ0) is 18.1. The Morgan fingerprint density at radius 1 is 1.25 bits per heavy atom. The number of aliphatic hydroxyl groups is 1. The molecule has 1 aliphatic heterocycles. The number of amides is 1. The first-order chi connectivity index (χ1) is 11.1. The average Bonchev–Trinajstić information content (AvgIpc) is 2.49. The van der Waals surface area contributed by atoms with Crippen LogP contribution < -0.4 is 5.32 Å². The van der Waals surface area contributed by atoms with Gasteiger partial charge in [-0.1, -0.05) is 12.1 Å². The fourth-order valence-corrected chi connectivity index (χ4v) is 3.92. The van der Waals surface area contributed by atoms with Crippen LogP contribution >= 0.6 is 0 Å². The third-order valence-electron chi connectivity index (χ3n) is 3.83. The van der Waals surface area contributed by atoms with Crippen molar-refractivity contribution in [3.05, 3.63) is 35.5 Å². The number of sulfonamides is 1. The number of carbonyl (C=O) groups is 1. The minimum absolute atomic E-state index is 0.00779. The van der Waals surface area contributed by atoms with Gasteiger partial charge in [-0.05, 0) is 12.1 Å². The lowest BCUT2D eigenvalue weighted by atomic mass is 10.1. The van der Waals surface area contributed by atoms with Crippen LogP contribution in [0.1, 0.15) is 12.0 Å². The summed E-state index contributed by atoms with van der Waals surface area (Å²) in [6, 6.07) is 6.09. The molecule has 1 heterocycles. The first-order valence-corrected chi connectivity index (χ1v) is 9.10. The number of hydrogen-bond acceptors (Lipinski definition) is 4. The van der Waals surface area contributed by atoms with Gasteiger partial charge in [0.05, 0.1) is 32.6 Å². The lowest BCUT2D eigenvalue weighted by Gasteiger charge is -2.28. The van der Waals surface area contributed by atoms with Crippen molar-refractivity contribution in [2.75, 3.05) is 41.3 Å². The first-order valence-electron chi connectivity index (χ1n) is 7.66. The number of fused-ring (bicyclic) bond motifs is 1. The molecule has 0 saturated carbocycles. The van der Waals surface area contributed by atoms with Crippen molar-refractivity contribution in [3.63, 3.8) is 0 Å². The number of aliphatic hydroxyl groups excluding tert-OH is 1. The van der Waals surface area contributed by atoms with E-state index in [2.05, 4.69) is 26.5 Å². The topological polar surface area (TPSA) is 86.7 Å². The van der Waals surface area contributed by atoms with Crippen molar-refractivity contribution in [2.45, 2.75) is 11.3 Å². The number of likely N-dealkylation sites (N-methyl/N-ethyl adjacent to an activating group) is 1. The van der Waals surface area contributed by atoms with E-state index in [9.17, 15) is 18.3 Å². The fraction of sp³-hybridized carbons (Fsp3) is 0.438. The maximum absolute atomic E-state index is 12.5.